The Morgan fingerprint density at radius 3 is 2.79 bits per heavy atom. The zero-order chi connectivity index (χ0) is 10.6. The van der Waals surface area contributed by atoms with Gasteiger partial charge in [-0.1, -0.05) is 6.92 Å². The second-order valence-electron chi connectivity index (χ2n) is 3.22. The van der Waals surface area contributed by atoms with Crippen molar-refractivity contribution in [3.8, 4) is 5.75 Å². The lowest BCUT2D eigenvalue weighted by Crippen LogP contribution is -2.09. The summed E-state index contributed by atoms with van der Waals surface area (Å²) in [6.07, 6.45) is 0.641. The van der Waals surface area contributed by atoms with Crippen LogP contribution in [0.1, 0.15) is 18.9 Å². The van der Waals surface area contributed by atoms with E-state index in [1.807, 2.05) is 6.92 Å². The highest BCUT2D eigenvalue weighted by atomic mass is 19.1. The van der Waals surface area contributed by atoms with Crippen molar-refractivity contribution < 1.29 is 14.2 Å². The fourth-order valence-corrected chi connectivity index (χ4v) is 1.30. The molecule has 1 aromatic carbocycles. The van der Waals surface area contributed by atoms with Gasteiger partial charge in [0.1, 0.15) is 11.6 Å². The van der Waals surface area contributed by atoms with Crippen LogP contribution in [0.4, 0.5) is 4.39 Å². The predicted octanol–water partition coefficient (Wildman–Crippen LogP) is 2.15. The van der Waals surface area contributed by atoms with E-state index in [0.717, 1.165) is 0 Å². The third kappa shape index (κ3) is 2.70. The number of aliphatic hydroxyl groups excluding tert-OH is 1. The number of rotatable bonds is 4. The van der Waals surface area contributed by atoms with Crippen molar-refractivity contribution >= 4 is 0 Å². The highest BCUT2D eigenvalue weighted by molar-refractivity contribution is 5.34. The van der Waals surface area contributed by atoms with Crippen LogP contribution in [0.5, 0.6) is 5.75 Å². The SMILES string of the molecule is CCC(O)Cc1cc(F)ccc1OC. The smallest absolute Gasteiger partial charge is 0.123 e. The van der Waals surface area contributed by atoms with Gasteiger partial charge in [0.25, 0.3) is 0 Å². The van der Waals surface area contributed by atoms with Crippen LogP contribution in [0, 0.1) is 5.82 Å². The van der Waals surface area contributed by atoms with Crippen LogP contribution in [-0.2, 0) is 6.42 Å². The minimum Gasteiger partial charge on any atom is -0.496 e. The minimum atomic E-state index is -0.439. The van der Waals surface area contributed by atoms with E-state index in [0.29, 0.717) is 24.2 Å². The molecular weight excluding hydrogens is 183 g/mol. The van der Waals surface area contributed by atoms with Crippen molar-refractivity contribution in [3.05, 3.63) is 29.6 Å². The molecule has 0 spiro atoms. The summed E-state index contributed by atoms with van der Waals surface area (Å²) in [5.41, 5.74) is 0.710. The lowest BCUT2D eigenvalue weighted by atomic mass is 10.1. The molecule has 0 aliphatic rings. The highest BCUT2D eigenvalue weighted by Gasteiger charge is 2.09. The van der Waals surface area contributed by atoms with Crippen molar-refractivity contribution in [1.29, 1.82) is 0 Å². The third-order valence-corrected chi connectivity index (χ3v) is 2.17. The Labute approximate surface area is 83.3 Å². The molecule has 0 aromatic heterocycles. The molecule has 0 heterocycles. The van der Waals surface area contributed by atoms with E-state index in [-0.39, 0.29) is 5.82 Å². The van der Waals surface area contributed by atoms with Gasteiger partial charge in [0, 0.05) is 6.42 Å². The molecule has 2 nitrogen and oxygen atoms in total. The van der Waals surface area contributed by atoms with Crippen molar-refractivity contribution in [2.75, 3.05) is 7.11 Å². The summed E-state index contributed by atoms with van der Waals surface area (Å²) < 4.78 is 18.0. The van der Waals surface area contributed by atoms with Crippen LogP contribution >= 0.6 is 0 Å². The Balaban J connectivity index is 2.87. The standard InChI is InChI=1S/C11H15FO2/c1-3-10(13)7-8-6-9(12)4-5-11(8)14-2/h4-6,10,13H,3,7H2,1-2H3. The molecule has 3 heteroatoms. The fourth-order valence-electron chi connectivity index (χ4n) is 1.30. The normalized spacial score (nSPS) is 12.6. The maximum Gasteiger partial charge on any atom is 0.123 e. The van der Waals surface area contributed by atoms with Gasteiger partial charge in [0.05, 0.1) is 13.2 Å². The van der Waals surface area contributed by atoms with E-state index in [4.69, 9.17) is 4.74 Å². The predicted molar refractivity (Wildman–Crippen MR) is 53.0 cm³/mol. The van der Waals surface area contributed by atoms with Gasteiger partial charge in [0.15, 0.2) is 0 Å². The van der Waals surface area contributed by atoms with E-state index in [9.17, 15) is 9.50 Å². The van der Waals surface area contributed by atoms with E-state index < -0.39 is 6.10 Å². The third-order valence-electron chi connectivity index (χ3n) is 2.17. The van der Waals surface area contributed by atoms with Crippen molar-refractivity contribution in [2.45, 2.75) is 25.9 Å². The molecule has 1 aromatic rings. The zero-order valence-corrected chi connectivity index (χ0v) is 8.46. The maximum absolute atomic E-state index is 12.9. The maximum atomic E-state index is 12.9. The Morgan fingerprint density at radius 2 is 2.21 bits per heavy atom. The summed E-state index contributed by atoms with van der Waals surface area (Å²) in [5.74, 6) is 0.322. The number of aliphatic hydroxyl groups is 1. The monoisotopic (exact) mass is 198 g/mol. The Hall–Kier alpha value is -1.09. The second kappa shape index (κ2) is 4.96. The zero-order valence-electron chi connectivity index (χ0n) is 8.46. The number of methoxy groups -OCH3 is 1. The summed E-state index contributed by atoms with van der Waals surface area (Å²) in [5, 5.41) is 9.44. The molecule has 1 N–H and O–H groups in total. The molecule has 1 atom stereocenters. The Bertz CT molecular complexity index is 299. The van der Waals surface area contributed by atoms with Crippen LogP contribution in [-0.4, -0.2) is 18.3 Å². The van der Waals surface area contributed by atoms with Gasteiger partial charge in [-0.3, -0.25) is 0 Å². The molecule has 0 saturated heterocycles. The summed E-state index contributed by atoms with van der Waals surface area (Å²) in [6, 6.07) is 4.32. The topological polar surface area (TPSA) is 29.5 Å². The minimum absolute atomic E-state index is 0.302. The first-order chi connectivity index (χ1) is 6.67. The van der Waals surface area contributed by atoms with Gasteiger partial charge in [-0.05, 0) is 30.2 Å². The van der Waals surface area contributed by atoms with Crippen molar-refractivity contribution in [3.63, 3.8) is 0 Å². The average molecular weight is 198 g/mol. The molecule has 78 valence electrons. The fraction of sp³-hybridized carbons (Fsp3) is 0.455. The van der Waals surface area contributed by atoms with Gasteiger partial charge >= 0.3 is 0 Å². The van der Waals surface area contributed by atoms with E-state index in [2.05, 4.69) is 0 Å². The van der Waals surface area contributed by atoms with Crippen LogP contribution in [0.15, 0.2) is 18.2 Å². The number of hydrogen-bond acceptors (Lipinski definition) is 2. The molecule has 1 unspecified atom stereocenters. The highest BCUT2D eigenvalue weighted by Crippen LogP contribution is 2.21. The van der Waals surface area contributed by atoms with E-state index >= 15 is 0 Å². The van der Waals surface area contributed by atoms with Gasteiger partial charge in [0.2, 0.25) is 0 Å². The first-order valence-corrected chi connectivity index (χ1v) is 4.67. The lowest BCUT2D eigenvalue weighted by Gasteiger charge is -2.11. The number of halogens is 1. The van der Waals surface area contributed by atoms with Crippen LogP contribution in [0.25, 0.3) is 0 Å². The quantitative estimate of drug-likeness (QED) is 0.803. The molecule has 0 aliphatic carbocycles. The van der Waals surface area contributed by atoms with Crippen molar-refractivity contribution in [2.24, 2.45) is 0 Å². The summed E-state index contributed by atoms with van der Waals surface area (Å²) in [7, 11) is 1.54. The van der Waals surface area contributed by atoms with Crippen molar-refractivity contribution in [1.82, 2.24) is 0 Å². The van der Waals surface area contributed by atoms with E-state index in [1.165, 1.54) is 19.2 Å². The molecular formula is C11H15FO2. The summed E-state index contributed by atoms with van der Waals surface area (Å²) in [4.78, 5) is 0. The Kier molecular flexibility index (Phi) is 3.89. The molecule has 0 aliphatic heterocycles. The van der Waals surface area contributed by atoms with Gasteiger partial charge in [-0.2, -0.15) is 0 Å². The molecule has 1 rings (SSSR count). The first kappa shape index (κ1) is 11.0. The lowest BCUT2D eigenvalue weighted by molar-refractivity contribution is 0.169. The van der Waals surface area contributed by atoms with Crippen LogP contribution in [0.2, 0.25) is 0 Å². The summed E-state index contributed by atoms with van der Waals surface area (Å²) in [6.45, 7) is 1.89. The number of ether oxygens (including phenoxy) is 1. The first-order valence-electron chi connectivity index (χ1n) is 4.67. The molecule has 14 heavy (non-hydrogen) atoms. The van der Waals surface area contributed by atoms with E-state index in [1.54, 1.807) is 6.07 Å². The Morgan fingerprint density at radius 1 is 1.50 bits per heavy atom. The van der Waals surface area contributed by atoms with Gasteiger partial charge in [-0.15, -0.1) is 0 Å². The molecule has 0 fully saturated rings. The van der Waals surface area contributed by atoms with Gasteiger partial charge < -0.3 is 9.84 Å². The number of benzene rings is 1. The average Bonchev–Trinajstić information content (AvgIpc) is 2.18. The molecule has 0 bridgehead atoms. The largest absolute Gasteiger partial charge is 0.496 e. The second-order valence-corrected chi connectivity index (χ2v) is 3.22. The van der Waals surface area contributed by atoms with Crippen LogP contribution in [0.3, 0.4) is 0 Å². The molecule has 0 amide bonds. The van der Waals surface area contributed by atoms with Crippen LogP contribution < -0.4 is 4.74 Å². The summed E-state index contributed by atoms with van der Waals surface area (Å²) >= 11 is 0. The molecule has 0 saturated carbocycles. The number of hydrogen-bond donors (Lipinski definition) is 1. The molecule has 0 radical (unpaired) electrons. The van der Waals surface area contributed by atoms with Gasteiger partial charge in [-0.25, -0.2) is 4.39 Å².